The van der Waals surface area contributed by atoms with Crippen molar-refractivity contribution in [1.82, 2.24) is 36.0 Å². The molecule has 1 fully saturated rings. The minimum atomic E-state index is -0.973. The van der Waals surface area contributed by atoms with Crippen LogP contribution >= 0.6 is 0 Å². The summed E-state index contributed by atoms with van der Waals surface area (Å²) in [6.07, 6.45) is 1.93. The van der Waals surface area contributed by atoms with Gasteiger partial charge in [-0.05, 0) is 116 Å². The summed E-state index contributed by atoms with van der Waals surface area (Å²) >= 11 is 0. The molecule has 0 aliphatic carbocycles. The quantitative estimate of drug-likeness (QED) is 0.0286. The number of amides is 5. The second-order valence-corrected chi connectivity index (χ2v) is 26.3. The van der Waals surface area contributed by atoms with E-state index in [9.17, 15) is 38.7 Å². The van der Waals surface area contributed by atoms with Crippen LogP contribution in [0.5, 0.6) is 0 Å². The van der Waals surface area contributed by atoms with Crippen LogP contribution in [0, 0.1) is 29.1 Å². The summed E-state index contributed by atoms with van der Waals surface area (Å²) in [5.74, 6) is -3.45. The summed E-state index contributed by atoms with van der Waals surface area (Å²) in [4.78, 5) is 100. The lowest BCUT2D eigenvalue weighted by molar-refractivity contribution is -0.241. The van der Waals surface area contributed by atoms with Crippen LogP contribution in [0.25, 0.3) is 0 Å². The molecule has 488 valence electrons. The van der Waals surface area contributed by atoms with Gasteiger partial charge in [-0.15, -0.1) is 0 Å². The van der Waals surface area contributed by atoms with Crippen LogP contribution in [0.4, 0.5) is 0 Å². The third-order valence-electron chi connectivity index (χ3n) is 15.6. The van der Waals surface area contributed by atoms with Crippen molar-refractivity contribution in [2.24, 2.45) is 29.1 Å². The summed E-state index contributed by atoms with van der Waals surface area (Å²) < 4.78 is 35.1. The van der Waals surface area contributed by atoms with E-state index in [0.717, 1.165) is 31.4 Å². The first-order valence-electron chi connectivity index (χ1n) is 31.0. The zero-order chi connectivity index (χ0) is 64.4. The smallest absolute Gasteiger partial charge is 0.328 e. The molecule has 0 radical (unpaired) electrons. The number of ether oxygens (including phenoxy) is 6. The number of likely N-dealkylation sites (tertiary alicyclic amines) is 1. The summed E-state index contributed by atoms with van der Waals surface area (Å²) in [6, 6.07) is 5.96. The third-order valence-corrected chi connectivity index (χ3v) is 15.6. The Morgan fingerprint density at radius 3 is 2.01 bits per heavy atom. The number of methoxy groups -OCH3 is 2. The van der Waals surface area contributed by atoms with Crippen LogP contribution in [0.3, 0.4) is 0 Å². The highest BCUT2D eigenvalue weighted by Gasteiger charge is 2.42. The minimum Gasteiger partial charge on any atom is -0.464 e. The number of nitrogens with zero attached hydrogens (tertiary/aromatic N) is 3. The van der Waals surface area contributed by atoms with Gasteiger partial charge in [-0.1, -0.05) is 106 Å². The standard InChI is InChI=1S/C64H113N7O14/c1-20-43(6)56(70(17)61(78)54(41(2)3)68-60(77)55(42(4)5)69(15)16)50(80-18)32-35-71-34-25-29-49(71)57(81-19)44(7)58(75)67-48(37-46-27-22-21-23-28-46)59(76)65-33-26-36-82-62(79)45(8)66-51(73)30-24-31-52(74)83-40-53(85-64(12,13)14)84-47(39-72)38-63(9,10)11/h21-23,27-28,41-45,47-50,53-57,72H,20,24-26,29-40H2,1-19H3,(H,65,76)(H,66,73)(H,67,75)(H,68,77). The molecule has 21 nitrogen and oxygen atoms in total. The van der Waals surface area contributed by atoms with Crippen LogP contribution in [-0.4, -0.2) is 203 Å². The molecule has 1 aliphatic heterocycles. The molecule has 0 aromatic heterocycles. The molecule has 1 heterocycles. The molecule has 1 aromatic carbocycles. The predicted molar refractivity (Wildman–Crippen MR) is 329 cm³/mol. The van der Waals surface area contributed by atoms with Gasteiger partial charge < -0.3 is 59.7 Å². The fraction of sp³-hybridized carbons (Fsp3) is 0.797. The number of aliphatic hydroxyl groups excluding tert-OH is 1. The van der Waals surface area contributed by atoms with Crippen molar-refractivity contribution in [2.75, 3.05) is 74.8 Å². The SMILES string of the molecule is CCC(C)C(C(CCN1CCCC1C(OC)C(C)C(=O)NC(Cc1ccccc1)C(=O)NCCCOC(=O)C(C)NC(=O)CCCC(=O)OCC(OC(CO)CC(C)(C)C)OC(C)(C)C)OC)N(C)C(=O)C(NC(=O)C(C(C)C)N(C)C)C(C)C. The number of benzene rings is 1. The number of likely N-dealkylation sites (N-methyl/N-ethyl adjacent to an activating group) is 2. The lowest BCUT2D eigenvalue weighted by Crippen LogP contribution is -2.59. The lowest BCUT2D eigenvalue weighted by atomic mass is 9.89. The normalized spacial score (nSPS) is 18.0. The number of rotatable bonds is 39. The first kappa shape index (κ1) is 76.3. The minimum absolute atomic E-state index is 0.0425. The predicted octanol–water partition coefficient (Wildman–Crippen LogP) is 6.06. The Kier molecular flexibility index (Phi) is 34.0. The molecule has 5 amide bonds. The second-order valence-electron chi connectivity index (χ2n) is 26.3. The molecule has 0 spiro atoms. The van der Waals surface area contributed by atoms with Crippen LogP contribution in [0.2, 0.25) is 0 Å². The largest absolute Gasteiger partial charge is 0.464 e. The van der Waals surface area contributed by atoms with Crippen molar-refractivity contribution in [3.8, 4) is 0 Å². The number of carbonyl (C=O) groups is 7. The number of hydrogen-bond acceptors (Lipinski definition) is 16. The van der Waals surface area contributed by atoms with Gasteiger partial charge in [-0.25, -0.2) is 4.79 Å². The molecule has 0 saturated carbocycles. The zero-order valence-electron chi connectivity index (χ0n) is 55.4. The van der Waals surface area contributed by atoms with E-state index in [2.05, 4.69) is 40.0 Å². The fourth-order valence-electron chi connectivity index (χ4n) is 11.2. The van der Waals surface area contributed by atoms with Crippen molar-refractivity contribution in [3.05, 3.63) is 35.9 Å². The molecule has 2 rings (SSSR count). The topological polar surface area (TPSA) is 253 Å². The van der Waals surface area contributed by atoms with Gasteiger partial charge in [0, 0.05) is 59.7 Å². The monoisotopic (exact) mass is 1200 g/mol. The van der Waals surface area contributed by atoms with E-state index in [1.54, 1.807) is 19.1 Å². The van der Waals surface area contributed by atoms with Crippen LogP contribution in [0.15, 0.2) is 30.3 Å². The van der Waals surface area contributed by atoms with Gasteiger partial charge in [0.25, 0.3) is 0 Å². The number of hydrogen-bond donors (Lipinski definition) is 5. The Hall–Kier alpha value is -4.77. The molecule has 12 unspecified atom stereocenters. The van der Waals surface area contributed by atoms with Crippen LogP contribution < -0.4 is 21.3 Å². The second kappa shape index (κ2) is 37.8. The van der Waals surface area contributed by atoms with Crippen LogP contribution in [-0.2, 0) is 68.4 Å². The maximum atomic E-state index is 14.4. The highest BCUT2D eigenvalue weighted by Crippen LogP contribution is 2.30. The molecular weight excluding hydrogens is 1090 g/mol. The van der Waals surface area contributed by atoms with Crippen molar-refractivity contribution >= 4 is 41.5 Å². The first-order valence-corrected chi connectivity index (χ1v) is 31.0. The average molecular weight is 1200 g/mol. The number of aliphatic hydroxyl groups is 1. The summed E-state index contributed by atoms with van der Waals surface area (Å²) in [5.41, 5.74) is 0.123. The van der Waals surface area contributed by atoms with Crippen molar-refractivity contribution in [2.45, 2.75) is 228 Å². The van der Waals surface area contributed by atoms with Gasteiger partial charge in [0.1, 0.15) is 24.7 Å². The number of esters is 2. The number of nitrogens with one attached hydrogen (secondary N) is 4. The van der Waals surface area contributed by atoms with E-state index in [1.165, 1.54) is 6.92 Å². The Balaban J connectivity index is 2.02. The molecular formula is C64H113N7O14. The molecule has 12 atom stereocenters. The maximum Gasteiger partial charge on any atom is 0.328 e. The highest BCUT2D eigenvalue weighted by molar-refractivity contribution is 5.90. The maximum absolute atomic E-state index is 14.4. The van der Waals surface area contributed by atoms with E-state index in [4.69, 9.17) is 28.4 Å². The van der Waals surface area contributed by atoms with Gasteiger partial charge in [-0.2, -0.15) is 0 Å². The average Bonchev–Trinajstić information content (AvgIpc) is 4.15. The molecule has 85 heavy (non-hydrogen) atoms. The highest BCUT2D eigenvalue weighted by atomic mass is 16.7. The van der Waals surface area contributed by atoms with Crippen LogP contribution in [0.1, 0.15) is 160 Å². The van der Waals surface area contributed by atoms with Gasteiger partial charge >= 0.3 is 11.9 Å². The molecule has 21 heteroatoms. The molecule has 5 N–H and O–H groups in total. The van der Waals surface area contributed by atoms with E-state index < -0.39 is 77.9 Å². The van der Waals surface area contributed by atoms with E-state index in [0.29, 0.717) is 19.4 Å². The summed E-state index contributed by atoms with van der Waals surface area (Å²) in [6.45, 7) is 28.1. The first-order chi connectivity index (χ1) is 39.8. The third kappa shape index (κ3) is 27.4. The van der Waals surface area contributed by atoms with Gasteiger partial charge in [0.05, 0.1) is 55.1 Å². The van der Waals surface area contributed by atoms with Crippen molar-refractivity contribution in [3.63, 3.8) is 0 Å². The molecule has 1 aliphatic rings. The van der Waals surface area contributed by atoms with E-state index in [1.807, 2.05) is 133 Å². The summed E-state index contributed by atoms with van der Waals surface area (Å²) in [5, 5.41) is 21.5. The Bertz CT molecular complexity index is 2160. The van der Waals surface area contributed by atoms with Gasteiger partial charge in [0.2, 0.25) is 29.5 Å². The lowest BCUT2D eigenvalue weighted by Gasteiger charge is -2.41. The zero-order valence-corrected chi connectivity index (χ0v) is 55.4. The van der Waals surface area contributed by atoms with Gasteiger partial charge in [-0.3, -0.25) is 38.6 Å². The molecule has 1 aromatic rings. The Morgan fingerprint density at radius 2 is 1.46 bits per heavy atom. The Morgan fingerprint density at radius 1 is 0.800 bits per heavy atom. The fourth-order valence-corrected chi connectivity index (χ4v) is 11.2. The number of carbonyl (C=O) groups excluding carboxylic acids is 7. The molecule has 0 bridgehead atoms. The molecule has 1 saturated heterocycles. The van der Waals surface area contributed by atoms with E-state index in [-0.39, 0.29) is 118 Å². The van der Waals surface area contributed by atoms with E-state index >= 15 is 0 Å². The van der Waals surface area contributed by atoms with Crippen molar-refractivity contribution < 1.29 is 67.1 Å². The summed E-state index contributed by atoms with van der Waals surface area (Å²) in [7, 11) is 8.83. The van der Waals surface area contributed by atoms with Gasteiger partial charge in [0.15, 0.2) is 6.29 Å². The van der Waals surface area contributed by atoms with Crippen molar-refractivity contribution in [1.29, 1.82) is 0 Å². The Labute approximate surface area is 510 Å².